The first kappa shape index (κ1) is 15.2. The minimum atomic E-state index is -0.0905. The van der Waals surface area contributed by atoms with Gasteiger partial charge in [-0.3, -0.25) is 4.79 Å². The molecule has 1 amide bonds. The Kier molecular flexibility index (Phi) is 4.38. The highest BCUT2D eigenvalue weighted by Gasteiger charge is 2.15. The van der Waals surface area contributed by atoms with Gasteiger partial charge in [-0.2, -0.15) is 5.10 Å². The Hall–Kier alpha value is -2.67. The summed E-state index contributed by atoms with van der Waals surface area (Å²) in [4.78, 5) is 18.3. The first-order valence-electron chi connectivity index (χ1n) is 7.15. The molecule has 2 heterocycles. The van der Waals surface area contributed by atoms with Crippen LogP contribution in [0.1, 0.15) is 16.1 Å². The van der Waals surface area contributed by atoms with Crippen molar-refractivity contribution in [2.24, 2.45) is 0 Å². The van der Waals surface area contributed by atoms with Crippen molar-refractivity contribution >= 4 is 22.4 Å². The molecule has 0 aliphatic carbocycles. The maximum absolute atomic E-state index is 12.4. The van der Waals surface area contributed by atoms with Gasteiger partial charge in [0.2, 0.25) is 0 Å². The number of nitrogens with one attached hydrogen (secondary N) is 1. The van der Waals surface area contributed by atoms with E-state index in [0.717, 1.165) is 16.4 Å². The monoisotopic (exact) mass is 327 g/mol. The molecule has 1 aromatic carbocycles. The van der Waals surface area contributed by atoms with E-state index in [9.17, 15) is 4.79 Å². The van der Waals surface area contributed by atoms with Crippen LogP contribution >= 0.6 is 11.3 Å². The van der Waals surface area contributed by atoms with Gasteiger partial charge in [-0.05, 0) is 23.8 Å². The summed E-state index contributed by atoms with van der Waals surface area (Å²) in [7, 11) is 3.57. The van der Waals surface area contributed by atoms with Crippen LogP contribution in [0.3, 0.4) is 0 Å². The van der Waals surface area contributed by atoms with Crippen LogP contribution in [0.2, 0.25) is 0 Å². The number of carbonyl (C=O) groups excluding carboxylic acids is 1. The second kappa shape index (κ2) is 6.62. The summed E-state index contributed by atoms with van der Waals surface area (Å²) in [6.45, 7) is 0.514. The lowest BCUT2D eigenvalue weighted by Crippen LogP contribution is -2.26. The highest BCUT2D eigenvalue weighted by molar-refractivity contribution is 7.13. The lowest BCUT2D eigenvalue weighted by Gasteiger charge is -2.16. The van der Waals surface area contributed by atoms with Crippen molar-refractivity contribution in [2.45, 2.75) is 6.54 Å². The van der Waals surface area contributed by atoms with Crippen molar-refractivity contribution < 1.29 is 4.79 Å². The largest absolute Gasteiger partial charge is 0.365 e. The molecule has 3 aromatic rings. The number of hydrogen-bond donors (Lipinski definition) is 1. The smallest absolute Gasteiger partial charge is 0.273 e. The molecule has 0 spiro atoms. The molecule has 0 bridgehead atoms. The van der Waals surface area contributed by atoms with Crippen LogP contribution in [-0.2, 0) is 6.54 Å². The van der Waals surface area contributed by atoms with Crippen molar-refractivity contribution in [2.75, 3.05) is 19.4 Å². The molecule has 0 fully saturated rings. The van der Waals surface area contributed by atoms with Crippen molar-refractivity contribution in [1.29, 1.82) is 0 Å². The van der Waals surface area contributed by atoms with Gasteiger partial charge in [-0.15, -0.1) is 11.3 Å². The summed E-state index contributed by atoms with van der Waals surface area (Å²) in [6, 6.07) is 9.85. The minimum absolute atomic E-state index is 0.0905. The first-order valence-corrected chi connectivity index (χ1v) is 8.03. The van der Waals surface area contributed by atoms with Crippen LogP contribution in [0, 0.1) is 0 Å². The van der Waals surface area contributed by atoms with Gasteiger partial charge in [-0.1, -0.05) is 12.1 Å². The summed E-state index contributed by atoms with van der Waals surface area (Å²) < 4.78 is 1.80. The second-order valence-corrected chi connectivity index (χ2v) is 5.93. The van der Waals surface area contributed by atoms with E-state index in [4.69, 9.17) is 0 Å². The van der Waals surface area contributed by atoms with E-state index in [-0.39, 0.29) is 5.91 Å². The van der Waals surface area contributed by atoms with Crippen LogP contribution in [0.5, 0.6) is 0 Å². The molecule has 0 aliphatic rings. The number of thiazole rings is 1. The predicted octanol–water partition coefficient (Wildman–Crippen LogP) is 2.64. The van der Waals surface area contributed by atoms with Gasteiger partial charge < -0.3 is 10.2 Å². The van der Waals surface area contributed by atoms with E-state index >= 15 is 0 Å². The lowest BCUT2D eigenvalue weighted by molar-refractivity contribution is 0.0780. The van der Waals surface area contributed by atoms with Gasteiger partial charge in [0.1, 0.15) is 5.69 Å². The van der Waals surface area contributed by atoms with Gasteiger partial charge in [0, 0.05) is 38.4 Å². The van der Waals surface area contributed by atoms with Gasteiger partial charge >= 0.3 is 0 Å². The average molecular weight is 327 g/mol. The molecule has 0 unspecified atom stereocenters. The maximum Gasteiger partial charge on any atom is 0.273 e. The number of nitrogens with zero attached hydrogens (tertiary/aromatic N) is 4. The number of rotatable bonds is 5. The van der Waals surface area contributed by atoms with E-state index < -0.39 is 0 Å². The highest BCUT2D eigenvalue weighted by atomic mass is 32.1. The van der Waals surface area contributed by atoms with Crippen LogP contribution in [-0.4, -0.2) is 39.7 Å². The zero-order chi connectivity index (χ0) is 16.2. The summed E-state index contributed by atoms with van der Waals surface area (Å²) >= 11 is 1.42. The number of anilines is 1. The fourth-order valence-electron chi connectivity index (χ4n) is 2.25. The fraction of sp³-hybridized carbons (Fsp3) is 0.188. The summed E-state index contributed by atoms with van der Waals surface area (Å²) in [6.07, 6.45) is 3.63. The molecule has 2 aromatic heterocycles. The van der Waals surface area contributed by atoms with Crippen LogP contribution in [0.25, 0.3) is 5.69 Å². The number of carbonyl (C=O) groups is 1. The summed E-state index contributed by atoms with van der Waals surface area (Å²) in [5, 5.41) is 9.67. The normalized spacial score (nSPS) is 10.5. The molecule has 1 N–H and O–H groups in total. The Morgan fingerprint density at radius 1 is 1.39 bits per heavy atom. The Balaban J connectivity index is 1.73. The topological polar surface area (TPSA) is 63.1 Å². The zero-order valence-corrected chi connectivity index (χ0v) is 13.7. The molecular formula is C16H17N5OS. The number of aromatic nitrogens is 3. The number of amides is 1. The molecule has 0 radical (unpaired) electrons. The van der Waals surface area contributed by atoms with Crippen molar-refractivity contribution in [3.8, 4) is 5.69 Å². The molecule has 3 rings (SSSR count). The Morgan fingerprint density at radius 3 is 2.96 bits per heavy atom. The van der Waals surface area contributed by atoms with E-state index in [2.05, 4.69) is 15.4 Å². The van der Waals surface area contributed by atoms with Gasteiger partial charge in [0.25, 0.3) is 5.91 Å². The van der Waals surface area contributed by atoms with Crippen LogP contribution in [0.15, 0.2) is 48.1 Å². The van der Waals surface area contributed by atoms with Crippen LogP contribution < -0.4 is 5.32 Å². The van der Waals surface area contributed by atoms with E-state index in [1.807, 2.05) is 36.5 Å². The molecule has 7 heteroatoms. The molecular weight excluding hydrogens is 310 g/mol. The highest BCUT2D eigenvalue weighted by Crippen LogP contribution is 2.17. The third kappa shape index (κ3) is 3.40. The predicted molar refractivity (Wildman–Crippen MR) is 91.0 cm³/mol. The Labute approximate surface area is 138 Å². The molecule has 0 aliphatic heterocycles. The molecule has 0 saturated carbocycles. The number of benzene rings is 1. The molecule has 6 nitrogen and oxygen atoms in total. The zero-order valence-electron chi connectivity index (χ0n) is 12.9. The second-order valence-electron chi connectivity index (χ2n) is 5.07. The van der Waals surface area contributed by atoms with Crippen molar-refractivity contribution in [3.05, 3.63) is 59.4 Å². The SMILES string of the molecule is CNc1nc(C(=O)N(C)Cc2cccc(-n3cccn3)c2)cs1. The number of hydrogen-bond acceptors (Lipinski definition) is 5. The third-order valence-electron chi connectivity index (χ3n) is 3.38. The van der Waals surface area contributed by atoms with Crippen molar-refractivity contribution in [1.82, 2.24) is 19.7 Å². The summed E-state index contributed by atoms with van der Waals surface area (Å²) in [5.74, 6) is -0.0905. The molecule has 0 atom stereocenters. The first-order chi connectivity index (χ1) is 11.2. The Morgan fingerprint density at radius 2 is 2.26 bits per heavy atom. The molecule has 0 saturated heterocycles. The lowest BCUT2D eigenvalue weighted by atomic mass is 10.2. The fourth-order valence-corrected chi connectivity index (χ4v) is 2.89. The Bertz CT molecular complexity index is 796. The maximum atomic E-state index is 12.4. The average Bonchev–Trinajstić information content (AvgIpc) is 3.25. The van der Waals surface area contributed by atoms with Gasteiger partial charge in [0.05, 0.1) is 5.69 Å². The molecule has 118 valence electrons. The summed E-state index contributed by atoms with van der Waals surface area (Å²) in [5.41, 5.74) is 2.47. The molecule has 23 heavy (non-hydrogen) atoms. The van der Waals surface area contributed by atoms with Crippen LogP contribution in [0.4, 0.5) is 5.13 Å². The van der Waals surface area contributed by atoms with Crippen molar-refractivity contribution in [3.63, 3.8) is 0 Å². The van der Waals surface area contributed by atoms with Gasteiger partial charge in [-0.25, -0.2) is 9.67 Å². The van der Waals surface area contributed by atoms with E-state index in [1.165, 1.54) is 11.3 Å². The van der Waals surface area contributed by atoms with Gasteiger partial charge in [0.15, 0.2) is 5.13 Å². The standard InChI is InChI=1S/C16H17N5OS/c1-17-16-19-14(11-23-16)15(22)20(2)10-12-5-3-6-13(9-12)21-8-4-7-18-21/h3-9,11H,10H2,1-2H3,(H,17,19). The van der Waals surface area contributed by atoms with E-state index in [0.29, 0.717) is 12.2 Å². The van der Waals surface area contributed by atoms with E-state index in [1.54, 1.807) is 35.3 Å². The third-order valence-corrected chi connectivity index (χ3v) is 4.24. The quantitative estimate of drug-likeness (QED) is 0.782. The minimum Gasteiger partial charge on any atom is -0.365 e.